The number of anilines is 1. The van der Waals surface area contributed by atoms with Crippen LogP contribution < -0.4 is 10.1 Å². The predicted octanol–water partition coefficient (Wildman–Crippen LogP) is 4.25. The van der Waals surface area contributed by atoms with Crippen LogP contribution >= 0.6 is 0 Å². The van der Waals surface area contributed by atoms with Gasteiger partial charge in [0.15, 0.2) is 0 Å². The van der Waals surface area contributed by atoms with E-state index in [4.69, 9.17) is 4.74 Å². The Balaban J connectivity index is 2.27. The van der Waals surface area contributed by atoms with Crippen LogP contribution in [-0.2, 0) is 0 Å². The largest absolute Gasteiger partial charge is 0.491 e. The highest BCUT2D eigenvalue weighted by Gasteiger charge is 2.20. The fraction of sp³-hybridized carbons (Fsp3) is 0.278. The average molecular weight is 328 g/mol. The molecular weight excluding hydrogens is 308 g/mol. The van der Waals surface area contributed by atoms with Gasteiger partial charge in [0.05, 0.1) is 11.0 Å². The highest BCUT2D eigenvalue weighted by Crippen LogP contribution is 2.30. The Labute approximate surface area is 140 Å². The first kappa shape index (κ1) is 17.5. The minimum Gasteiger partial charge on any atom is -0.491 e. The lowest BCUT2D eigenvalue weighted by atomic mass is 10.1. The Bertz CT molecular complexity index is 767. The molecule has 0 fully saturated rings. The van der Waals surface area contributed by atoms with E-state index in [1.54, 1.807) is 37.3 Å². The molecule has 0 atom stereocenters. The van der Waals surface area contributed by atoms with Crippen LogP contribution in [0.15, 0.2) is 36.4 Å². The van der Waals surface area contributed by atoms with E-state index in [2.05, 4.69) is 5.32 Å². The number of hydrogen-bond acceptors (Lipinski definition) is 4. The molecule has 0 saturated heterocycles. The molecule has 0 heterocycles. The number of hydrogen-bond donors (Lipinski definition) is 1. The first-order valence-corrected chi connectivity index (χ1v) is 7.62. The lowest BCUT2D eigenvalue weighted by molar-refractivity contribution is -0.384. The first-order chi connectivity index (χ1) is 11.3. The van der Waals surface area contributed by atoms with Gasteiger partial charge in [-0.2, -0.15) is 0 Å². The average Bonchev–Trinajstić information content (AvgIpc) is 2.51. The van der Waals surface area contributed by atoms with Crippen molar-refractivity contribution >= 4 is 17.3 Å². The first-order valence-electron chi connectivity index (χ1n) is 7.62. The van der Waals surface area contributed by atoms with E-state index in [-0.39, 0.29) is 17.5 Å². The Morgan fingerprint density at radius 2 is 1.75 bits per heavy atom. The summed E-state index contributed by atoms with van der Waals surface area (Å²) in [5.41, 5.74) is 2.06. The molecule has 2 rings (SSSR count). The number of nitrogens with zero attached hydrogens (tertiary/aromatic N) is 1. The summed E-state index contributed by atoms with van der Waals surface area (Å²) in [7, 11) is 0. The van der Waals surface area contributed by atoms with Crippen molar-refractivity contribution in [2.45, 2.75) is 33.8 Å². The van der Waals surface area contributed by atoms with Gasteiger partial charge in [0, 0.05) is 11.6 Å². The number of aryl methyl sites for hydroxylation is 1. The standard InChI is InChI=1S/C18H20N2O4/c1-11(2)24-15-8-6-14(7-9-15)18(21)19-17-13(4)12(3)5-10-16(17)20(22)23/h5-11H,1-4H3,(H,19,21). The molecule has 2 aromatic carbocycles. The third-order valence-electron chi connectivity index (χ3n) is 3.64. The van der Waals surface area contributed by atoms with Crippen LogP contribution in [0.3, 0.4) is 0 Å². The number of nitro benzene ring substituents is 1. The quantitative estimate of drug-likeness (QED) is 0.657. The number of amides is 1. The predicted molar refractivity (Wildman–Crippen MR) is 92.7 cm³/mol. The van der Waals surface area contributed by atoms with E-state index in [0.717, 1.165) is 5.56 Å². The van der Waals surface area contributed by atoms with Gasteiger partial charge in [0.25, 0.3) is 11.6 Å². The monoisotopic (exact) mass is 328 g/mol. The molecule has 0 aromatic heterocycles. The van der Waals surface area contributed by atoms with Gasteiger partial charge in [-0.25, -0.2) is 0 Å². The second-order valence-electron chi connectivity index (χ2n) is 5.80. The molecule has 0 saturated carbocycles. The number of ether oxygens (including phenoxy) is 1. The normalized spacial score (nSPS) is 10.5. The topological polar surface area (TPSA) is 81.5 Å². The van der Waals surface area contributed by atoms with Crippen molar-refractivity contribution in [3.05, 3.63) is 63.2 Å². The van der Waals surface area contributed by atoms with E-state index in [9.17, 15) is 14.9 Å². The van der Waals surface area contributed by atoms with Crippen LogP contribution in [0.1, 0.15) is 35.3 Å². The maximum atomic E-state index is 12.4. The summed E-state index contributed by atoms with van der Waals surface area (Å²) >= 11 is 0. The number of nitrogens with one attached hydrogen (secondary N) is 1. The van der Waals surface area contributed by atoms with Gasteiger partial charge in [0.2, 0.25) is 0 Å². The van der Waals surface area contributed by atoms with Gasteiger partial charge < -0.3 is 10.1 Å². The molecule has 0 bridgehead atoms. The van der Waals surface area contributed by atoms with Crippen LogP contribution in [0.2, 0.25) is 0 Å². The lowest BCUT2D eigenvalue weighted by Crippen LogP contribution is -2.14. The number of carbonyl (C=O) groups is 1. The maximum absolute atomic E-state index is 12.4. The third-order valence-corrected chi connectivity index (χ3v) is 3.64. The summed E-state index contributed by atoms with van der Waals surface area (Å²) in [5.74, 6) is 0.266. The molecule has 2 aromatic rings. The molecule has 24 heavy (non-hydrogen) atoms. The zero-order valence-corrected chi connectivity index (χ0v) is 14.1. The van der Waals surface area contributed by atoms with Crippen molar-refractivity contribution in [1.29, 1.82) is 0 Å². The minimum absolute atomic E-state index is 0.0438. The molecule has 6 heteroatoms. The highest BCUT2D eigenvalue weighted by atomic mass is 16.6. The zero-order valence-electron chi connectivity index (χ0n) is 14.1. The summed E-state index contributed by atoms with van der Waals surface area (Å²) in [6.07, 6.45) is 0.0438. The van der Waals surface area contributed by atoms with Crippen molar-refractivity contribution in [1.82, 2.24) is 0 Å². The molecule has 0 aliphatic rings. The van der Waals surface area contributed by atoms with Crippen molar-refractivity contribution in [2.24, 2.45) is 0 Å². The number of nitro groups is 1. The molecule has 126 valence electrons. The summed E-state index contributed by atoms with van der Waals surface area (Å²) in [6, 6.07) is 9.73. The van der Waals surface area contributed by atoms with E-state index < -0.39 is 10.8 Å². The summed E-state index contributed by atoms with van der Waals surface area (Å²) in [6.45, 7) is 7.42. The van der Waals surface area contributed by atoms with Crippen LogP contribution in [0.5, 0.6) is 5.75 Å². The van der Waals surface area contributed by atoms with Crippen LogP contribution in [-0.4, -0.2) is 16.9 Å². The molecule has 1 amide bonds. The molecule has 0 radical (unpaired) electrons. The molecule has 6 nitrogen and oxygen atoms in total. The van der Waals surface area contributed by atoms with Crippen molar-refractivity contribution in [2.75, 3.05) is 5.32 Å². The molecule has 0 unspecified atom stereocenters. The van der Waals surface area contributed by atoms with E-state index in [1.165, 1.54) is 6.07 Å². The van der Waals surface area contributed by atoms with Crippen LogP contribution in [0, 0.1) is 24.0 Å². The number of rotatable bonds is 5. The summed E-state index contributed by atoms with van der Waals surface area (Å²) in [4.78, 5) is 23.1. The van der Waals surface area contributed by atoms with Gasteiger partial charge in [-0.05, 0) is 63.1 Å². The van der Waals surface area contributed by atoms with Gasteiger partial charge in [-0.1, -0.05) is 6.07 Å². The van der Waals surface area contributed by atoms with E-state index in [1.807, 2.05) is 20.8 Å². The molecule has 0 spiro atoms. The summed E-state index contributed by atoms with van der Waals surface area (Å²) < 4.78 is 5.53. The molecule has 0 aliphatic heterocycles. The smallest absolute Gasteiger partial charge is 0.293 e. The maximum Gasteiger partial charge on any atom is 0.293 e. The summed E-state index contributed by atoms with van der Waals surface area (Å²) in [5, 5.41) is 13.8. The van der Waals surface area contributed by atoms with Crippen molar-refractivity contribution in [3.63, 3.8) is 0 Å². The van der Waals surface area contributed by atoms with Gasteiger partial charge >= 0.3 is 0 Å². The van der Waals surface area contributed by atoms with Crippen LogP contribution in [0.25, 0.3) is 0 Å². The van der Waals surface area contributed by atoms with E-state index in [0.29, 0.717) is 16.9 Å². The number of carbonyl (C=O) groups excluding carboxylic acids is 1. The van der Waals surface area contributed by atoms with Gasteiger partial charge in [-0.15, -0.1) is 0 Å². The Hall–Kier alpha value is -2.89. The van der Waals surface area contributed by atoms with Crippen molar-refractivity contribution in [3.8, 4) is 5.75 Å². The molecular formula is C18H20N2O4. The van der Waals surface area contributed by atoms with Gasteiger partial charge in [-0.3, -0.25) is 14.9 Å². The Morgan fingerprint density at radius 3 is 2.29 bits per heavy atom. The second kappa shape index (κ2) is 7.12. The molecule has 1 N–H and O–H groups in total. The Morgan fingerprint density at radius 1 is 1.12 bits per heavy atom. The lowest BCUT2D eigenvalue weighted by Gasteiger charge is -2.12. The highest BCUT2D eigenvalue weighted by molar-refractivity contribution is 6.06. The van der Waals surface area contributed by atoms with Gasteiger partial charge in [0.1, 0.15) is 11.4 Å². The SMILES string of the molecule is Cc1ccc([N+](=O)[O-])c(NC(=O)c2ccc(OC(C)C)cc2)c1C. The minimum atomic E-state index is -0.498. The van der Waals surface area contributed by atoms with E-state index >= 15 is 0 Å². The Kier molecular flexibility index (Phi) is 5.18. The zero-order chi connectivity index (χ0) is 17.9. The fourth-order valence-corrected chi connectivity index (χ4v) is 2.25. The fourth-order valence-electron chi connectivity index (χ4n) is 2.25. The third kappa shape index (κ3) is 3.90. The molecule has 0 aliphatic carbocycles. The van der Waals surface area contributed by atoms with Crippen LogP contribution in [0.4, 0.5) is 11.4 Å². The second-order valence-corrected chi connectivity index (χ2v) is 5.80. The number of benzene rings is 2. The van der Waals surface area contributed by atoms with Crippen molar-refractivity contribution < 1.29 is 14.5 Å².